The molecule has 0 bridgehead atoms. The normalized spacial score (nSPS) is 13.2. The molecule has 0 rings (SSSR count). The minimum atomic E-state index is -0.560. The molecule has 1 unspecified atom stereocenters. The van der Waals surface area contributed by atoms with Gasteiger partial charge in [0.1, 0.15) is 0 Å². The zero-order valence-corrected chi connectivity index (χ0v) is 8.95. The van der Waals surface area contributed by atoms with Crippen LogP contribution in [-0.4, -0.2) is 47.3 Å². The van der Waals surface area contributed by atoms with Crippen LogP contribution >= 0.6 is 0 Å². The van der Waals surface area contributed by atoms with Crippen molar-refractivity contribution in [2.45, 2.75) is 38.9 Å². The molecular weight excluding hydrogens is 172 g/mol. The van der Waals surface area contributed by atoms with Gasteiger partial charge in [-0.1, -0.05) is 0 Å². The second-order valence-electron chi connectivity index (χ2n) is 3.47. The maximum Gasteiger partial charge on any atom is 0.0742 e. The first-order valence-electron chi connectivity index (χ1n) is 4.34. The number of rotatable bonds is 4. The van der Waals surface area contributed by atoms with Crippen molar-refractivity contribution in [1.82, 2.24) is 0 Å². The van der Waals surface area contributed by atoms with Crippen molar-refractivity contribution in [3.8, 4) is 0 Å². The summed E-state index contributed by atoms with van der Waals surface area (Å²) in [5.41, 5.74) is -0.158. The molecule has 0 aliphatic carbocycles. The molecular formula is C9H22O4. The molecule has 0 aromatic carbocycles. The van der Waals surface area contributed by atoms with E-state index in [0.717, 1.165) is 0 Å². The lowest BCUT2D eigenvalue weighted by atomic mass is 10.1. The van der Waals surface area contributed by atoms with E-state index in [1.165, 1.54) is 6.92 Å². The molecule has 3 N–H and O–H groups in total. The summed E-state index contributed by atoms with van der Waals surface area (Å²) in [5.74, 6) is 0. The summed E-state index contributed by atoms with van der Waals surface area (Å²) in [6.07, 6.45) is 0.138. The predicted octanol–water partition coefficient (Wildman–Crippen LogP) is 0.153. The summed E-state index contributed by atoms with van der Waals surface area (Å²) >= 11 is 0. The van der Waals surface area contributed by atoms with E-state index in [9.17, 15) is 0 Å². The first-order valence-corrected chi connectivity index (χ1v) is 4.34. The molecule has 0 saturated heterocycles. The van der Waals surface area contributed by atoms with E-state index in [-0.39, 0.29) is 18.8 Å². The van der Waals surface area contributed by atoms with Crippen LogP contribution in [0.4, 0.5) is 0 Å². The molecule has 0 fully saturated rings. The smallest absolute Gasteiger partial charge is 0.0742 e. The maximum absolute atomic E-state index is 8.45. The number of ether oxygens (including phenoxy) is 1. The Labute approximate surface area is 80.2 Å². The van der Waals surface area contributed by atoms with Crippen LogP contribution in [0.25, 0.3) is 0 Å². The molecule has 13 heavy (non-hydrogen) atoms. The molecule has 0 aliphatic rings. The van der Waals surface area contributed by atoms with E-state index >= 15 is 0 Å². The van der Waals surface area contributed by atoms with Crippen LogP contribution in [0, 0.1) is 0 Å². The van der Waals surface area contributed by atoms with Gasteiger partial charge in [-0.2, -0.15) is 0 Å². The largest absolute Gasteiger partial charge is 0.396 e. The van der Waals surface area contributed by atoms with Crippen LogP contribution in [0.2, 0.25) is 0 Å². The number of methoxy groups -OCH3 is 1. The lowest BCUT2D eigenvalue weighted by molar-refractivity contribution is 0.00293. The fourth-order valence-electron chi connectivity index (χ4n) is 0.371. The van der Waals surface area contributed by atoms with Crippen LogP contribution in [-0.2, 0) is 4.74 Å². The van der Waals surface area contributed by atoms with E-state index in [2.05, 4.69) is 0 Å². The lowest BCUT2D eigenvalue weighted by Crippen LogP contribution is -2.23. The van der Waals surface area contributed by atoms with Gasteiger partial charge in [0.2, 0.25) is 0 Å². The zero-order valence-electron chi connectivity index (χ0n) is 8.95. The Morgan fingerprint density at radius 1 is 1.31 bits per heavy atom. The van der Waals surface area contributed by atoms with Gasteiger partial charge in [0.25, 0.3) is 0 Å². The number of hydrogen-bond donors (Lipinski definition) is 3. The number of hydrogen-bond acceptors (Lipinski definition) is 4. The molecule has 4 nitrogen and oxygen atoms in total. The standard InChI is InChI=1S/C6H14O2.C3H8O2/c1-6(2,8-3)4-5-7;1-3(5)2-4/h7H,4-5H2,1-3H3;3-5H,2H2,1H3. The highest BCUT2D eigenvalue weighted by molar-refractivity contribution is 4.65. The highest BCUT2D eigenvalue weighted by Gasteiger charge is 2.13. The summed E-state index contributed by atoms with van der Waals surface area (Å²) < 4.78 is 5.02. The quantitative estimate of drug-likeness (QED) is 0.596. The molecule has 0 aromatic heterocycles. The minimum Gasteiger partial charge on any atom is -0.396 e. The van der Waals surface area contributed by atoms with Gasteiger partial charge >= 0.3 is 0 Å². The molecule has 0 aliphatic heterocycles. The molecule has 1 atom stereocenters. The van der Waals surface area contributed by atoms with Crippen LogP contribution < -0.4 is 0 Å². The number of aliphatic hydroxyl groups excluding tert-OH is 3. The molecule has 4 heteroatoms. The highest BCUT2D eigenvalue weighted by atomic mass is 16.5. The predicted molar refractivity (Wildman–Crippen MR) is 51.6 cm³/mol. The Morgan fingerprint density at radius 3 is 1.77 bits per heavy atom. The molecule has 0 spiro atoms. The summed E-state index contributed by atoms with van der Waals surface area (Å²) in [6.45, 7) is 5.48. The van der Waals surface area contributed by atoms with Crippen molar-refractivity contribution in [3.05, 3.63) is 0 Å². The summed E-state index contributed by atoms with van der Waals surface area (Å²) in [7, 11) is 1.65. The third kappa shape index (κ3) is 14.7. The summed E-state index contributed by atoms with van der Waals surface area (Å²) in [6, 6.07) is 0. The van der Waals surface area contributed by atoms with Crippen molar-refractivity contribution in [2.24, 2.45) is 0 Å². The Morgan fingerprint density at radius 2 is 1.69 bits per heavy atom. The topological polar surface area (TPSA) is 69.9 Å². The van der Waals surface area contributed by atoms with Crippen molar-refractivity contribution in [1.29, 1.82) is 0 Å². The van der Waals surface area contributed by atoms with E-state index in [1.54, 1.807) is 7.11 Å². The maximum atomic E-state index is 8.45. The van der Waals surface area contributed by atoms with Crippen molar-refractivity contribution in [3.63, 3.8) is 0 Å². The third-order valence-corrected chi connectivity index (χ3v) is 1.53. The average Bonchev–Trinajstić information content (AvgIpc) is 2.05. The molecule has 0 aromatic rings. The van der Waals surface area contributed by atoms with Gasteiger partial charge < -0.3 is 20.1 Å². The van der Waals surface area contributed by atoms with Crippen molar-refractivity contribution >= 4 is 0 Å². The number of aliphatic hydroxyl groups is 3. The molecule has 82 valence electrons. The van der Waals surface area contributed by atoms with Gasteiger partial charge in [-0.3, -0.25) is 0 Å². The summed E-state index contributed by atoms with van der Waals surface area (Å²) in [5, 5.41) is 24.5. The van der Waals surface area contributed by atoms with Gasteiger partial charge in [0.05, 0.1) is 18.3 Å². The first kappa shape index (κ1) is 15.3. The van der Waals surface area contributed by atoms with Gasteiger partial charge in [0.15, 0.2) is 0 Å². The second-order valence-corrected chi connectivity index (χ2v) is 3.47. The van der Waals surface area contributed by atoms with Gasteiger partial charge in [-0.05, 0) is 27.2 Å². The SMILES string of the molecule is CC(O)CO.COC(C)(C)CCO. The zero-order chi connectivity index (χ0) is 10.9. The fraction of sp³-hybridized carbons (Fsp3) is 1.00. The minimum absolute atomic E-state index is 0.139. The van der Waals surface area contributed by atoms with Crippen molar-refractivity contribution in [2.75, 3.05) is 20.3 Å². The fourth-order valence-corrected chi connectivity index (χ4v) is 0.371. The van der Waals surface area contributed by atoms with E-state index in [0.29, 0.717) is 6.42 Å². The van der Waals surface area contributed by atoms with E-state index in [1.807, 2.05) is 13.8 Å². The van der Waals surface area contributed by atoms with Crippen LogP contribution in [0.15, 0.2) is 0 Å². The van der Waals surface area contributed by atoms with Gasteiger partial charge in [-0.15, -0.1) is 0 Å². The molecule has 0 saturated carbocycles. The van der Waals surface area contributed by atoms with E-state index in [4.69, 9.17) is 20.1 Å². The Balaban J connectivity index is 0. The lowest BCUT2D eigenvalue weighted by Gasteiger charge is -2.20. The third-order valence-electron chi connectivity index (χ3n) is 1.53. The van der Waals surface area contributed by atoms with Crippen LogP contribution in [0.1, 0.15) is 27.2 Å². The Kier molecular flexibility index (Phi) is 9.94. The summed E-state index contributed by atoms with van der Waals surface area (Å²) in [4.78, 5) is 0. The molecule has 0 heterocycles. The van der Waals surface area contributed by atoms with Crippen LogP contribution in [0.3, 0.4) is 0 Å². The molecule has 0 amide bonds. The van der Waals surface area contributed by atoms with Crippen LogP contribution in [0.5, 0.6) is 0 Å². The van der Waals surface area contributed by atoms with Gasteiger partial charge in [0, 0.05) is 13.7 Å². The van der Waals surface area contributed by atoms with E-state index < -0.39 is 6.10 Å². The molecule has 0 radical (unpaired) electrons. The van der Waals surface area contributed by atoms with Crippen molar-refractivity contribution < 1.29 is 20.1 Å². The average molecular weight is 194 g/mol. The van der Waals surface area contributed by atoms with Gasteiger partial charge in [-0.25, -0.2) is 0 Å². The Hall–Kier alpha value is -0.160. The highest BCUT2D eigenvalue weighted by Crippen LogP contribution is 2.10. The first-order chi connectivity index (χ1) is 5.89. The second kappa shape index (κ2) is 8.44. The monoisotopic (exact) mass is 194 g/mol. The Bertz CT molecular complexity index is 102.